The molecular formula is C27H42O8. The first-order valence-corrected chi connectivity index (χ1v) is 13.0. The molecule has 8 nitrogen and oxygen atoms in total. The summed E-state index contributed by atoms with van der Waals surface area (Å²) >= 11 is 0. The average Bonchev–Trinajstić information content (AvgIpc) is 3.14. The highest BCUT2D eigenvalue weighted by molar-refractivity contribution is 5.87. The number of ether oxygens (including phenoxy) is 4. The Morgan fingerprint density at radius 1 is 1.09 bits per heavy atom. The van der Waals surface area contributed by atoms with E-state index in [-0.39, 0.29) is 60.0 Å². The van der Waals surface area contributed by atoms with Crippen LogP contribution in [-0.4, -0.2) is 56.7 Å². The van der Waals surface area contributed by atoms with Crippen molar-refractivity contribution in [3.05, 3.63) is 0 Å². The first-order chi connectivity index (χ1) is 16.6. The Labute approximate surface area is 208 Å². The van der Waals surface area contributed by atoms with Crippen LogP contribution in [0.5, 0.6) is 0 Å². The van der Waals surface area contributed by atoms with E-state index in [1.165, 1.54) is 13.8 Å². The molecule has 3 fully saturated rings. The molecule has 3 aliphatic rings. The van der Waals surface area contributed by atoms with Crippen LogP contribution in [0.2, 0.25) is 0 Å². The summed E-state index contributed by atoms with van der Waals surface area (Å²) in [4.78, 5) is 48.1. The lowest BCUT2D eigenvalue weighted by atomic mass is 9.49. The van der Waals surface area contributed by atoms with E-state index in [9.17, 15) is 19.2 Å². The van der Waals surface area contributed by atoms with Crippen LogP contribution in [-0.2, 0) is 38.1 Å². The molecule has 0 amide bonds. The predicted molar refractivity (Wildman–Crippen MR) is 127 cm³/mol. The van der Waals surface area contributed by atoms with E-state index in [1.54, 1.807) is 7.11 Å². The molecule has 35 heavy (non-hydrogen) atoms. The number of Topliss-reactive ketones (excluding diaryl/α,β-unsaturated/α-hetero) is 1. The highest BCUT2D eigenvalue weighted by Crippen LogP contribution is 2.64. The van der Waals surface area contributed by atoms with Crippen LogP contribution in [0, 0.1) is 34.5 Å². The molecule has 8 heteroatoms. The third kappa shape index (κ3) is 5.57. The smallest absolute Gasteiger partial charge is 0.302 e. The van der Waals surface area contributed by atoms with Crippen molar-refractivity contribution in [2.24, 2.45) is 34.5 Å². The Kier molecular flexibility index (Phi) is 9.00. The molecule has 0 N–H and O–H groups in total. The average molecular weight is 495 g/mol. The zero-order valence-corrected chi connectivity index (χ0v) is 21.9. The van der Waals surface area contributed by atoms with Crippen LogP contribution >= 0.6 is 0 Å². The number of ketones is 1. The lowest BCUT2D eigenvalue weighted by Gasteiger charge is -2.55. The Morgan fingerprint density at radius 3 is 2.43 bits per heavy atom. The van der Waals surface area contributed by atoms with Gasteiger partial charge in [0.1, 0.15) is 24.6 Å². The summed E-state index contributed by atoms with van der Waals surface area (Å²) in [5.41, 5.74) is -0.786. The molecule has 0 bridgehead atoms. The molecule has 0 heterocycles. The fraction of sp³-hybridized carbons (Fsp3) is 0.852. The molecule has 198 valence electrons. The van der Waals surface area contributed by atoms with E-state index < -0.39 is 11.5 Å². The Bertz CT molecular complexity index is 796. The first-order valence-electron chi connectivity index (χ1n) is 13.0. The van der Waals surface area contributed by atoms with Crippen LogP contribution < -0.4 is 0 Å². The zero-order valence-electron chi connectivity index (χ0n) is 21.9. The topological polar surface area (TPSA) is 105 Å². The molecule has 0 radical (unpaired) electrons. The number of esters is 2. The van der Waals surface area contributed by atoms with Crippen molar-refractivity contribution in [2.75, 3.05) is 20.3 Å². The molecule has 3 aliphatic carbocycles. The highest BCUT2D eigenvalue weighted by Gasteiger charge is 2.61. The number of carbonyl (C=O) groups excluding carboxylic acids is 4. The Balaban J connectivity index is 1.92. The van der Waals surface area contributed by atoms with Gasteiger partial charge in [-0.15, -0.1) is 0 Å². The van der Waals surface area contributed by atoms with Crippen molar-refractivity contribution >= 4 is 24.2 Å². The lowest BCUT2D eigenvalue weighted by Crippen LogP contribution is -2.55. The molecule has 0 saturated heterocycles. The van der Waals surface area contributed by atoms with Crippen molar-refractivity contribution in [1.82, 2.24) is 0 Å². The van der Waals surface area contributed by atoms with Gasteiger partial charge >= 0.3 is 11.9 Å². The standard InChI is InChI=1S/C27H42O8/c1-17(34-18(2)29)22-6-7-23-21(10-13-32-5)24(9-11-26(22,23)4)27(15-33-16-28)12-8-20(14-25(27)31)35-19(3)30/h16-17,20-24H,6-15H2,1-5H3/t17-,20+,21+,22-,23+,24+,26-,27+/m1/s1. The van der Waals surface area contributed by atoms with Crippen LogP contribution in [0.4, 0.5) is 0 Å². The SMILES string of the molecule is COCC[C@@H]1[C@@H]([C@@]2(COC=O)CC[C@H](OC(C)=O)CC2=O)CC[C@]2(C)[C@@H]([C@@H](C)OC(C)=O)CC[C@@H]12. The molecule has 0 unspecified atom stereocenters. The molecule has 0 aromatic rings. The highest BCUT2D eigenvalue weighted by atomic mass is 16.5. The molecule has 8 atom stereocenters. The normalized spacial score (nSPS) is 37.7. The van der Waals surface area contributed by atoms with Gasteiger partial charge in [-0.1, -0.05) is 6.92 Å². The molecule has 0 aromatic carbocycles. The van der Waals surface area contributed by atoms with Gasteiger partial charge in [0.2, 0.25) is 0 Å². The van der Waals surface area contributed by atoms with Gasteiger partial charge in [-0.05, 0) is 75.0 Å². The van der Waals surface area contributed by atoms with E-state index in [4.69, 9.17) is 18.9 Å². The second kappa shape index (κ2) is 11.4. The molecule has 0 aliphatic heterocycles. The van der Waals surface area contributed by atoms with Gasteiger partial charge in [0.05, 0.1) is 5.41 Å². The van der Waals surface area contributed by atoms with Gasteiger partial charge < -0.3 is 18.9 Å². The third-order valence-electron chi connectivity index (χ3n) is 9.42. The van der Waals surface area contributed by atoms with Gasteiger partial charge in [-0.3, -0.25) is 19.2 Å². The zero-order chi connectivity index (χ0) is 25.8. The summed E-state index contributed by atoms with van der Waals surface area (Å²) in [5.74, 6) is 0.262. The van der Waals surface area contributed by atoms with Crippen LogP contribution in [0.1, 0.15) is 79.1 Å². The molecule has 0 aromatic heterocycles. The second-order valence-electron chi connectivity index (χ2n) is 11.2. The summed E-state index contributed by atoms with van der Waals surface area (Å²) in [6.07, 6.45) is 5.24. The van der Waals surface area contributed by atoms with Crippen LogP contribution in [0.25, 0.3) is 0 Å². The van der Waals surface area contributed by atoms with Crippen LogP contribution in [0.15, 0.2) is 0 Å². The summed E-state index contributed by atoms with van der Waals surface area (Å²) in [6, 6.07) is 0. The fourth-order valence-corrected chi connectivity index (χ4v) is 8.03. The summed E-state index contributed by atoms with van der Waals surface area (Å²) < 4.78 is 21.8. The summed E-state index contributed by atoms with van der Waals surface area (Å²) in [5, 5.41) is 0. The van der Waals surface area contributed by atoms with Gasteiger partial charge in [0.15, 0.2) is 0 Å². The fourth-order valence-electron chi connectivity index (χ4n) is 8.03. The quantitative estimate of drug-likeness (QED) is 0.256. The van der Waals surface area contributed by atoms with Gasteiger partial charge in [0.25, 0.3) is 6.47 Å². The van der Waals surface area contributed by atoms with Gasteiger partial charge in [-0.2, -0.15) is 0 Å². The monoisotopic (exact) mass is 494 g/mol. The summed E-state index contributed by atoms with van der Waals surface area (Å²) in [6.45, 7) is 8.21. The number of rotatable bonds is 10. The maximum atomic E-state index is 13.7. The molecule has 0 spiro atoms. The van der Waals surface area contributed by atoms with Crippen molar-refractivity contribution in [2.45, 2.75) is 91.3 Å². The third-order valence-corrected chi connectivity index (χ3v) is 9.42. The maximum absolute atomic E-state index is 13.7. The number of hydrogen-bond acceptors (Lipinski definition) is 8. The summed E-state index contributed by atoms with van der Waals surface area (Å²) in [7, 11) is 1.69. The molecule has 3 saturated carbocycles. The van der Waals surface area contributed by atoms with Crippen molar-refractivity contribution in [3.63, 3.8) is 0 Å². The lowest BCUT2D eigenvalue weighted by molar-refractivity contribution is -0.167. The minimum Gasteiger partial charge on any atom is -0.467 e. The van der Waals surface area contributed by atoms with E-state index in [0.717, 1.165) is 32.1 Å². The Hall–Kier alpha value is -1.96. The van der Waals surface area contributed by atoms with Crippen molar-refractivity contribution in [3.8, 4) is 0 Å². The predicted octanol–water partition coefficient (Wildman–Crippen LogP) is 3.88. The van der Waals surface area contributed by atoms with Gasteiger partial charge in [0, 0.05) is 39.9 Å². The van der Waals surface area contributed by atoms with Crippen LogP contribution in [0.3, 0.4) is 0 Å². The minimum atomic E-state index is -0.781. The second-order valence-corrected chi connectivity index (χ2v) is 11.2. The van der Waals surface area contributed by atoms with E-state index in [0.29, 0.717) is 31.8 Å². The van der Waals surface area contributed by atoms with E-state index in [1.807, 2.05) is 6.92 Å². The molecule has 3 rings (SSSR count). The number of methoxy groups -OCH3 is 1. The molecular weight excluding hydrogens is 452 g/mol. The minimum absolute atomic E-state index is 0.00548. The number of fused-ring (bicyclic) bond motifs is 1. The van der Waals surface area contributed by atoms with E-state index >= 15 is 0 Å². The maximum Gasteiger partial charge on any atom is 0.302 e. The van der Waals surface area contributed by atoms with E-state index in [2.05, 4.69) is 6.92 Å². The van der Waals surface area contributed by atoms with Crippen molar-refractivity contribution < 1.29 is 38.1 Å². The number of carbonyl (C=O) groups is 4. The Morgan fingerprint density at radius 2 is 1.83 bits per heavy atom. The first kappa shape index (κ1) is 27.6. The largest absolute Gasteiger partial charge is 0.467 e. The number of hydrogen-bond donors (Lipinski definition) is 0. The van der Waals surface area contributed by atoms with Crippen molar-refractivity contribution in [1.29, 1.82) is 0 Å². The van der Waals surface area contributed by atoms with Gasteiger partial charge in [-0.25, -0.2) is 0 Å².